The second-order valence-electron chi connectivity index (χ2n) is 6.16. The molecule has 0 unspecified atom stereocenters. The molecular formula is C17H23N3O4S. The molecule has 1 aromatic heterocycles. The SMILES string of the molecule is COc1ccc(OC2CCN(S(=O)(=O)c3c(C)n[nH]c3C)CC2)cc1. The number of rotatable bonds is 5. The van der Waals surface area contributed by atoms with Crippen LogP contribution in [0.15, 0.2) is 29.2 Å². The fourth-order valence-electron chi connectivity index (χ4n) is 3.09. The topological polar surface area (TPSA) is 84.5 Å². The molecule has 0 aliphatic carbocycles. The Bertz CT molecular complexity index is 803. The normalized spacial score (nSPS) is 16.8. The number of aromatic amines is 1. The maximum atomic E-state index is 12.8. The first-order valence-electron chi connectivity index (χ1n) is 8.24. The van der Waals surface area contributed by atoms with Gasteiger partial charge in [0.15, 0.2) is 0 Å². The zero-order valence-electron chi connectivity index (χ0n) is 14.7. The molecular weight excluding hydrogens is 342 g/mol. The highest BCUT2D eigenvalue weighted by Gasteiger charge is 2.33. The van der Waals surface area contributed by atoms with Gasteiger partial charge in [0, 0.05) is 13.1 Å². The Morgan fingerprint density at radius 1 is 1.12 bits per heavy atom. The van der Waals surface area contributed by atoms with Gasteiger partial charge in [-0.25, -0.2) is 8.42 Å². The highest BCUT2D eigenvalue weighted by molar-refractivity contribution is 7.89. The van der Waals surface area contributed by atoms with Crippen molar-refractivity contribution in [3.63, 3.8) is 0 Å². The number of benzene rings is 1. The Morgan fingerprint density at radius 2 is 1.72 bits per heavy atom. The fourth-order valence-corrected chi connectivity index (χ4v) is 4.89. The summed E-state index contributed by atoms with van der Waals surface area (Å²) < 4.78 is 38.3. The average molecular weight is 365 g/mol. The molecule has 0 saturated carbocycles. The van der Waals surface area contributed by atoms with Crippen LogP contribution in [0.2, 0.25) is 0 Å². The van der Waals surface area contributed by atoms with E-state index in [1.54, 1.807) is 21.0 Å². The second kappa shape index (κ2) is 7.05. The first kappa shape index (κ1) is 17.8. The molecule has 0 bridgehead atoms. The number of hydrogen-bond acceptors (Lipinski definition) is 5. The van der Waals surface area contributed by atoms with Crippen molar-refractivity contribution in [2.75, 3.05) is 20.2 Å². The summed E-state index contributed by atoms with van der Waals surface area (Å²) in [4.78, 5) is 0.294. The van der Waals surface area contributed by atoms with Crippen LogP contribution in [-0.2, 0) is 10.0 Å². The van der Waals surface area contributed by atoms with E-state index in [-0.39, 0.29) is 6.10 Å². The van der Waals surface area contributed by atoms with Gasteiger partial charge in [-0.1, -0.05) is 0 Å². The number of nitrogens with one attached hydrogen (secondary N) is 1. The minimum absolute atomic E-state index is 0.00592. The highest BCUT2D eigenvalue weighted by Crippen LogP contribution is 2.27. The van der Waals surface area contributed by atoms with E-state index in [1.807, 2.05) is 24.3 Å². The van der Waals surface area contributed by atoms with E-state index in [1.165, 1.54) is 4.31 Å². The van der Waals surface area contributed by atoms with Crippen LogP contribution < -0.4 is 9.47 Å². The van der Waals surface area contributed by atoms with E-state index in [0.717, 1.165) is 11.5 Å². The van der Waals surface area contributed by atoms with E-state index in [9.17, 15) is 8.42 Å². The molecule has 0 spiro atoms. The van der Waals surface area contributed by atoms with Crippen LogP contribution in [0.1, 0.15) is 24.2 Å². The lowest BCUT2D eigenvalue weighted by Crippen LogP contribution is -2.42. The smallest absolute Gasteiger partial charge is 0.246 e. The number of piperidine rings is 1. The summed E-state index contributed by atoms with van der Waals surface area (Å²) in [6.07, 6.45) is 1.31. The molecule has 1 fully saturated rings. The van der Waals surface area contributed by atoms with Crippen LogP contribution in [0.3, 0.4) is 0 Å². The lowest BCUT2D eigenvalue weighted by molar-refractivity contribution is 0.135. The largest absolute Gasteiger partial charge is 0.497 e. The molecule has 8 heteroatoms. The molecule has 1 aromatic carbocycles. The molecule has 25 heavy (non-hydrogen) atoms. The summed E-state index contributed by atoms with van der Waals surface area (Å²) in [5, 5.41) is 6.74. The number of aromatic nitrogens is 2. The van der Waals surface area contributed by atoms with Crippen LogP contribution in [0.4, 0.5) is 0 Å². The Hall–Kier alpha value is -2.06. The maximum Gasteiger partial charge on any atom is 0.246 e. The molecule has 1 aliphatic rings. The molecule has 3 rings (SSSR count). The summed E-state index contributed by atoms with van der Waals surface area (Å²) >= 11 is 0. The molecule has 136 valence electrons. The number of sulfonamides is 1. The van der Waals surface area contributed by atoms with Crippen LogP contribution >= 0.6 is 0 Å². The van der Waals surface area contributed by atoms with Crippen LogP contribution in [0, 0.1) is 13.8 Å². The van der Waals surface area contributed by atoms with Gasteiger partial charge >= 0.3 is 0 Å². The Morgan fingerprint density at radius 3 is 2.24 bits per heavy atom. The molecule has 0 atom stereocenters. The van der Waals surface area contributed by atoms with Crippen LogP contribution in [0.5, 0.6) is 11.5 Å². The Balaban J connectivity index is 1.63. The monoisotopic (exact) mass is 365 g/mol. The van der Waals surface area contributed by atoms with Crippen molar-refractivity contribution in [1.82, 2.24) is 14.5 Å². The first-order chi connectivity index (χ1) is 11.9. The summed E-state index contributed by atoms with van der Waals surface area (Å²) in [5.41, 5.74) is 1.09. The molecule has 1 N–H and O–H groups in total. The molecule has 2 heterocycles. The Kier molecular flexibility index (Phi) is 5.01. The van der Waals surface area contributed by atoms with Gasteiger partial charge in [-0.15, -0.1) is 0 Å². The summed E-state index contributed by atoms with van der Waals surface area (Å²) in [7, 11) is -1.90. The zero-order valence-corrected chi connectivity index (χ0v) is 15.5. The van der Waals surface area contributed by atoms with E-state index in [0.29, 0.717) is 42.2 Å². The van der Waals surface area contributed by atoms with Crippen molar-refractivity contribution in [3.05, 3.63) is 35.7 Å². The molecule has 0 amide bonds. The van der Waals surface area contributed by atoms with Crippen molar-refractivity contribution in [1.29, 1.82) is 0 Å². The fraction of sp³-hybridized carbons (Fsp3) is 0.471. The Labute approximate surface area is 148 Å². The molecule has 1 saturated heterocycles. The van der Waals surface area contributed by atoms with E-state index < -0.39 is 10.0 Å². The quantitative estimate of drug-likeness (QED) is 0.879. The highest BCUT2D eigenvalue weighted by atomic mass is 32.2. The van der Waals surface area contributed by atoms with E-state index in [2.05, 4.69) is 10.2 Å². The van der Waals surface area contributed by atoms with E-state index >= 15 is 0 Å². The third-order valence-corrected chi connectivity index (χ3v) is 6.58. The third kappa shape index (κ3) is 3.64. The molecule has 7 nitrogen and oxygen atoms in total. The first-order valence-corrected chi connectivity index (χ1v) is 9.68. The average Bonchev–Trinajstić information content (AvgIpc) is 2.95. The van der Waals surface area contributed by atoms with Gasteiger partial charge in [0.2, 0.25) is 10.0 Å². The number of H-pyrrole nitrogens is 1. The number of ether oxygens (including phenoxy) is 2. The minimum Gasteiger partial charge on any atom is -0.497 e. The second-order valence-corrected chi connectivity index (χ2v) is 8.03. The number of aryl methyl sites for hydroxylation is 2. The summed E-state index contributed by atoms with van der Waals surface area (Å²) in [5.74, 6) is 1.54. The molecule has 1 aliphatic heterocycles. The van der Waals surface area contributed by atoms with Crippen molar-refractivity contribution in [2.45, 2.75) is 37.7 Å². The van der Waals surface area contributed by atoms with Gasteiger partial charge < -0.3 is 9.47 Å². The molecule has 0 radical (unpaired) electrons. The van der Waals surface area contributed by atoms with Crippen molar-refractivity contribution < 1.29 is 17.9 Å². The zero-order chi connectivity index (χ0) is 18.0. The van der Waals surface area contributed by atoms with Gasteiger partial charge in [-0.3, -0.25) is 5.10 Å². The number of hydrogen-bond donors (Lipinski definition) is 1. The lowest BCUT2D eigenvalue weighted by Gasteiger charge is -2.31. The van der Waals surface area contributed by atoms with Crippen molar-refractivity contribution in [2.24, 2.45) is 0 Å². The third-order valence-electron chi connectivity index (χ3n) is 4.42. The predicted molar refractivity (Wildman–Crippen MR) is 93.5 cm³/mol. The number of nitrogens with zero attached hydrogens (tertiary/aromatic N) is 2. The summed E-state index contributed by atoms with van der Waals surface area (Å²) in [6, 6.07) is 7.42. The predicted octanol–water partition coefficient (Wildman–Crippen LogP) is 2.27. The maximum absolute atomic E-state index is 12.8. The summed E-state index contributed by atoms with van der Waals surface area (Å²) in [6.45, 7) is 4.31. The van der Waals surface area contributed by atoms with E-state index in [4.69, 9.17) is 9.47 Å². The van der Waals surface area contributed by atoms with Gasteiger partial charge in [0.05, 0.1) is 18.5 Å². The lowest BCUT2D eigenvalue weighted by atomic mass is 10.1. The van der Waals surface area contributed by atoms with Gasteiger partial charge in [-0.05, 0) is 51.0 Å². The number of methoxy groups -OCH3 is 1. The van der Waals surface area contributed by atoms with Crippen molar-refractivity contribution >= 4 is 10.0 Å². The van der Waals surface area contributed by atoms with Crippen molar-refractivity contribution in [3.8, 4) is 11.5 Å². The van der Waals surface area contributed by atoms with Gasteiger partial charge in [0.1, 0.15) is 22.5 Å². The van der Waals surface area contributed by atoms with Gasteiger partial charge in [0.25, 0.3) is 0 Å². The standard InChI is InChI=1S/C17H23N3O4S/c1-12-17(13(2)19-18-12)25(21,22)20-10-8-16(9-11-20)24-15-6-4-14(23-3)5-7-15/h4-7,16H,8-11H2,1-3H3,(H,18,19). The minimum atomic E-state index is -3.52. The molecule has 2 aromatic rings. The van der Waals surface area contributed by atoms with Crippen LogP contribution in [-0.4, -0.2) is 49.2 Å². The van der Waals surface area contributed by atoms with Crippen LogP contribution in [0.25, 0.3) is 0 Å². The van der Waals surface area contributed by atoms with Gasteiger partial charge in [-0.2, -0.15) is 9.40 Å².